The number of methoxy groups -OCH3 is 1. The second-order valence-electron chi connectivity index (χ2n) is 8.12. The van der Waals surface area contributed by atoms with Crippen LogP contribution >= 0.6 is 11.6 Å². The quantitative estimate of drug-likeness (QED) is 0.497. The molecule has 1 aliphatic rings. The summed E-state index contributed by atoms with van der Waals surface area (Å²) in [4.78, 5) is 43.2. The van der Waals surface area contributed by atoms with Gasteiger partial charge in [-0.1, -0.05) is 41.0 Å². The summed E-state index contributed by atoms with van der Waals surface area (Å²) < 4.78 is 10.6. The van der Waals surface area contributed by atoms with E-state index in [2.05, 4.69) is 10.5 Å². The average Bonchev–Trinajstić information content (AvgIpc) is 3.51. The maximum Gasteiger partial charge on any atom is 0.263 e. The van der Waals surface area contributed by atoms with E-state index < -0.39 is 23.9 Å². The molecule has 1 aromatic heterocycles. The molecule has 0 aliphatic carbocycles. The third-order valence-corrected chi connectivity index (χ3v) is 6.22. The number of rotatable bonds is 7. The maximum atomic E-state index is 13.8. The van der Waals surface area contributed by atoms with Crippen molar-refractivity contribution in [1.82, 2.24) is 20.3 Å². The molecule has 11 heteroatoms. The third kappa shape index (κ3) is 4.77. The predicted octanol–water partition coefficient (Wildman–Crippen LogP) is 2.31. The molecule has 2 heterocycles. The van der Waals surface area contributed by atoms with E-state index in [9.17, 15) is 14.4 Å². The van der Waals surface area contributed by atoms with Crippen LogP contribution in [0.4, 0.5) is 0 Å². The van der Waals surface area contributed by atoms with Gasteiger partial charge >= 0.3 is 0 Å². The SMILES string of the molecule is COc1cccc(C(=O)N2CCN(C(=O)c3c(-c4ccccc4Cl)noc3C)C2C(=O)NCCN)c1. The Morgan fingerprint density at radius 2 is 1.86 bits per heavy atom. The van der Waals surface area contributed by atoms with E-state index in [0.717, 1.165) is 0 Å². The average molecular weight is 512 g/mol. The van der Waals surface area contributed by atoms with Crippen LogP contribution in [0.2, 0.25) is 5.02 Å². The van der Waals surface area contributed by atoms with Gasteiger partial charge in [0.25, 0.3) is 17.7 Å². The zero-order chi connectivity index (χ0) is 25.8. The second kappa shape index (κ2) is 10.8. The molecule has 0 radical (unpaired) electrons. The first kappa shape index (κ1) is 25.2. The number of nitrogens with zero attached hydrogens (tertiary/aromatic N) is 3. The van der Waals surface area contributed by atoms with Crippen LogP contribution in [0.25, 0.3) is 11.3 Å². The lowest BCUT2D eigenvalue weighted by molar-refractivity contribution is -0.128. The summed E-state index contributed by atoms with van der Waals surface area (Å²) in [5.41, 5.74) is 6.85. The summed E-state index contributed by atoms with van der Waals surface area (Å²) in [6.07, 6.45) is -1.20. The zero-order valence-corrected chi connectivity index (χ0v) is 20.6. The number of carbonyl (C=O) groups is 3. The second-order valence-corrected chi connectivity index (χ2v) is 8.53. The first-order valence-electron chi connectivity index (χ1n) is 11.3. The molecule has 0 saturated carbocycles. The molecule has 36 heavy (non-hydrogen) atoms. The Labute approximate surface area is 212 Å². The minimum absolute atomic E-state index is 0.127. The van der Waals surface area contributed by atoms with Gasteiger partial charge in [-0.25, -0.2) is 0 Å². The lowest BCUT2D eigenvalue weighted by Gasteiger charge is -2.29. The molecule has 1 aliphatic heterocycles. The molecule has 3 N–H and O–H groups in total. The van der Waals surface area contributed by atoms with Crippen LogP contribution in [0.3, 0.4) is 0 Å². The molecule has 1 atom stereocenters. The number of carbonyl (C=O) groups excluding carboxylic acids is 3. The molecular weight excluding hydrogens is 486 g/mol. The minimum Gasteiger partial charge on any atom is -0.497 e. The van der Waals surface area contributed by atoms with E-state index in [1.54, 1.807) is 55.5 Å². The number of ether oxygens (including phenoxy) is 1. The van der Waals surface area contributed by atoms with Crippen molar-refractivity contribution in [2.24, 2.45) is 5.73 Å². The number of nitrogens with two attached hydrogens (primary N) is 1. The van der Waals surface area contributed by atoms with Crippen molar-refractivity contribution in [3.63, 3.8) is 0 Å². The Balaban J connectivity index is 1.71. The molecule has 4 rings (SSSR count). The Bertz CT molecular complexity index is 1290. The molecule has 1 saturated heterocycles. The van der Waals surface area contributed by atoms with Gasteiger partial charge in [-0.2, -0.15) is 0 Å². The summed E-state index contributed by atoms with van der Waals surface area (Å²) in [6, 6.07) is 13.6. The third-order valence-electron chi connectivity index (χ3n) is 5.89. The molecule has 0 bridgehead atoms. The van der Waals surface area contributed by atoms with Crippen LogP contribution < -0.4 is 15.8 Å². The number of nitrogens with one attached hydrogen (secondary N) is 1. The molecule has 2 aromatic carbocycles. The molecule has 3 aromatic rings. The number of halogens is 1. The molecular formula is C25H26ClN5O5. The first-order valence-corrected chi connectivity index (χ1v) is 11.7. The number of hydrogen-bond donors (Lipinski definition) is 2. The van der Waals surface area contributed by atoms with Crippen molar-refractivity contribution >= 4 is 29.3 Å². The van der Waals surface area contributed by atoms with Crippen molar-refractivity contribution in [1.29, 1.82) is 0 Å². The first-order chi connectivity index (χ1) is 17.4. The van der Waals surface area contributed by atoms with Crippen molar-refractivity contribution in [3.05, 3.63) is 70.4 Å². The molecule has 0 spiro atoms. The molecule has 3 amide bonds. The Morgan fingerprint density at radius 1 is 1.14 bits per heavy atom. The molecule has 1 fully saturated rings. The molecule has 10 nitrogen and oxygen atoms in total. The van der Waals surface area contributed by atoms with Crippen LogP contribution in [0, 0.1) is 6.92 Å². The van der Waals surface area contributed by atoms with Gasteiger partial charge in [0.1, 0.15) is 22.8 Å². The fourth-order valence-electron chi connectivity index (χ4n) is 4.15. The summed E-state index contributed by atoms with van der Waals surface area (Å²) in [6.45, 7) is 2.28. The van der Waals surface area contributed by atoms with Gasteiger partial charge in [0.05, 0.1) is 12.1 Å². The van der Waals surface area contributed by atoms with Gasteiger partial charge in [-0.15, -0.1) is 0 Å². The van der Waals surface area contributed by atoms with E-state index in [1.807, 2.05) is 0 Å². The maximum absolute atomic E-state index is 13.8. The highest BCUT2D eigenvalue weighted by Gasteiger charge is 2.44. The van der Waals surface area contributed by atoms with Gasteiger partial charge in [-0.05, 0) is 31.2 Å². The number of hydrogen-bond acceptors (Lipinski definition) is 7. The van der Waals surface area contributed by atoms with Crippen LogP contribution in [0.5, 0.6) is 5.75 Å². The standard InChI is InChI=1S/C25H26ClN5O5/c1-15-20(21(29-36-15)18-8-3-4-9-19(18)26)25(34)31-13-12-30(23(31)22(32)28-11-10-27)24(33)16-6-5-7-17(14-16)35-2/h3-9,14,23H,10-13,27H2,1-2H3,(H,28,32). The van der Waals surface area contributed by atoms with E-state index in [1.165, 1.54) is 16.9 Å². The summed E-state index contributed by atoms with van der Waals surface area (Å²) in [5.74, 6) is -0.658. The highest BCUT2D eigenvalue weighted by molar-refractivity contribution is 6.33. The Morgan fingerprint density at radius 3 is 2.56 bits per heavy atom. The fourth-order valence-corrected chi connectivity index (χ4v) is 4.38. The van der Waals surface area contributed by atoms with Crippen LogP contribution in [-0.2, 0) is 4.79 Å². The Hall–Kier alpha value is -3.89. The van der Waals surface area contributed by atoms with Crippen molar-refractivity contribution in [3.8, 4) is 17.0 Å². The van der Waals surface area contributed by atoms with Gasteiger partial charge in [0, 0.05) is 37.3 Å². The van der Waals surface area contributed by atoms with E-state index in [4.69, 9.17) is 26.6 Å². The monoisotopic (exact) mass is 511 g/mol. The van der Waals surface area contributed by atoms with Gasteiger partial charge in [-0.3, -0.25) is 14.4 Å². The fraction of sp³-hybridized carbons (Fsp3) is 0.280. The lowest BCUT2D eigenvalue weighted by atomic mass is 10.0. The molecule has 188 valence electrons. The highest BCUT2D eigenvalue weighted by Crippen LogP contribution is 2.33. The smallest absolute Gasteiger partial charge is 0.263 e. The zero-order valence-electron chi connectivity index (χ0n) is 19.9. The number of aromatic nitrogens is 1. The Kier molecular flexibility index (Phi) is 7.56. The van der Waals surface area contributed by atoms with Crippen LogP contribution in [0.1, 0.15) is 26.5 Å². The summed E-state index contributed by atoms with van der Waals surface area (Å²) >= 11 is 6.35. The topological polar surface area (TPSA) is 131 Å². The highest BCUT2D eigenvalue weighted by atomic mass is 35.5. The normalized spacial score (nSPS) is 15.2. The van der Waals surface area contributed by atoms with E-state index in [-0.39, 0.29) is 43.2 Å². The minimum atomic E-state index is -1.20. The predicted molar refractivity (Wildman–Crippen MR) is 133 cm³/mol. The van der Waals surface area contributed by atoms with Gasteiger partial charge in [0.15, 0.2) is 6.17 Å². The summed E-state index contributed by atoms with van der Waals surface area (Å²) in [5, 5.41) is 7.15. The van der Waals surface area contributed by atoms with Crippen molar-refractivity contribution < 1.29 is 23.6 Å². The summed E-state index contributed by atoms with van der Waals surface area (Å²) in [7, 11) is 1.50. The van der Waals surface area contributed by atoms with Crippen molar-refractivity contribution in [2.45, 2.75) is 13.1 Å². The van der Waals surface area contributed by atoms with E-state index in [0.29, 0.717) is 21.9 Å². The number of benzene rings is 2. The lowest BCUT2D eigenvalue weighted by Crippen LogP contribution is -2.54. The van der Waals surface area contributed by atoms with Crippen LogP contribution in [-0.4, -0.2) is 72.1 Å². The molecule has 1 unspecified atom stereocenters. The largest absolute Gasteiger partial charge is 0.497 e. The van der Waals surface area contributed by atoms with Gasteiger partial charge in [0.2, 0.25) is 0 Å². The number of aryl methyl sites for hydroxylation is 1. The van der Waals surface area contributed by atoms with Crippen molar-refractivity contribution in [2.75, 3.05) is 33.3 Å². The van der Waals surface area contributed by atoms with Crippen LogP contribution in [0.15, 0.2) is 53.1 Å². The van der Waals surface area contributed by atoms with Gasteiger partial charge < -0.3 is 30.1 Å². The number of amides is 3. The van der Waals surface area contributed by atoms with E-state index >= 15 is 0 Å².